The van der Waals surface area contributed by atoms with E-state index in [9.17, 15) is 4.79 Å². The molecule has 22 heavy (non-hydrogen) atoms. The molecular formula is C17H19N3O2. The lowest BCUT2D eigenvalue weighted by Crippen LogP contribution is -2.32. The fourth-order valence-corrected chi connectivity index (χ4v) is 3.65. The molecule has 4 rings (SSSR count). The molecule has 2 aliphatic rings. The first-order valence-corrected chi connectivity index (χ1v) is 7.71. The summed E-state index contributed by atoms with van der Waals surface area (Å²) >= 11 is 0. The summed E-state index contributed by atoms with van der Waals surface area (Å²) in [6.45, 7) is 4.31. The van der Waals surface area contributed by atoms with E-state index in [0.29, 0.717) is 18.4 Å². The lowest BCUT2D eigenvalue weighted by atomic mass is 10.0. The minimum absolute atomic E-state index is 0.161. The van der Waals surface area contributed by atoms with Crippen molar-refractivity contribution in [1.82, 2.24) is 14.8 Å². The zero-order valence-corrected chi connectivity index (χ0v) is 12.4. The molecule has 4 heterocycles. The highest BCUT2D eigenvalue weighted by Crippen LogP contribution is 2.33. The van der Waals surface area contributed by atoms with Gasteiger partial charge in [-0.25, -0.2) is 0 Å². The molecule has 2 fully saturated rings. The Balaban J connectivity index is 1.38. The molecule has 5 heteroatoms. The fraction of sp³-hybridized carbons (Fsp3) is 0.412. The molecule has 0 aromatic carbocycles. The van der Waals surface area contributed by atoms with Gasteiger partial charge in [-0.3, -0.25) is 14.7 Å². The van der Waals surface area contributed by atoms with E-state index in [1.54, 1.807) is 24.9 Å². The third-order valence-corrected chi connectivity index (χ3v) is 4.71. The number of likely N-dealkylation sites (tertiary alicyclic amines) is 2. The highest BCUT2D eigenvalue weighted by atomic mass is 16.3. The van der Waals surface area contributed by atoms with Crippen molar-refractivity contribution < 1.29 is 9.21 Å². The second-order valence-corrected chi connectivity index (χ2v) is 6.27. The second kappa shape index (κ2) is 5.57. The van der Waals surface area contributed by atoms with E-state index in [2.05, 4.69) is 9.88 Å². The highest BCUT2D eigenvalue weighted by molar-refractivity contribution is 5.82. The summed E-state index contributed by atoms with van der Waals surface area (Å²) in [6.07, 6.45) is 7.05. The Kier molecular flexibility index (Phi) is 3.42. The van der Waals surface area contributed by atoms with Gasteiger partial charge >= 0.3 is 0 Å². The summed E-state index contributed by atoms with van der Waals surface area (Å²) in [5.41, 5.74) is 2.33. The number of aromatic nitrogens is 1. The van der Waals surface area contributed by atoms with Crippen LogP contribution >= 0.6 is 0 Å². The Morgan fingerprint density at radius 1 is 1.09 bits per heavy atom. The topological polar surface area (TPSA) is 49.6 Å². The van der Waals surface area contributed by atoms with E-state index in [-0.39, 0.29) is 5.92 Å². The van der Waals surface area contributed by atoms with Gasteiger partial charge in [0, 0.05) is 56.6 Å². The lowest BCUT2D eigenvalue weighted by Gasteiger charge is -2.21. The van der Waals surface area contributed by atoms with E-state index >= 15 is 0 Å². The minimum Gasteiger partial charge on any atom is -0.472 e. The number of rotatable bonds is 4. The van der Waals surface area contributed by atoms with Gasteiger partial charge in [-0.05, 0) is 23.8 Å². The van der Waals surface area contributed by atoms with Crippen LogP contribution in [0.1, 0.15) is 11.1 Å². The summed E-state index contributed by atoms with van der Waals surface area (Å²) < 4.78 is 5.12. The molecule has 5 nitrogen and oxygen atoms in total. The monoisotopic (exact) mass is 297 g/mol. The van der Waals surface area contributed by atoms with Gasteiger partial charge in [0.1, 0.15) is 0 Å². The molecule has 2 saturated heterocycles. The minimum atomic E-state index is 0.161. The lowest BCUT2D eigenvalue weighted by molar-refractivity contribution is -0.131. The average Bonchev–Trinajstić information content (AvgIpc) is 3.22. The third kappa shape index (κ3) is 2.52. The number of carbonyl (C=O) groups excluding carboxylic acids is 1. The Bertz CT molecular complexity index is 641. The fourth-order valence-electron chi connectivity index (χ4n) is 3.65. The van der Waals surface area contributed by atoms with Crippen molar-refractivity contribution in [2.75, 3.05) is 19.6 Å². The maximum absolute atomic E-state index is 12.6. The summed E-state index contributed by atoms with van der Waals surface area (Å²) in [5, 5.41) is 0. The molecular weight excluding hydrogens is 278 g/mol. The van der Waals surface area contributed by atoms with Crippen LogP contribution in [0.5, 0.6) is 0 Å². The maximum Gasteiger partial charge on any atom is 0.227 e. The molecule has 0 aliphatic carbocycles. The van der Waals surface area contributed by atoms with Gasteiger partial charge in [-0.2, -0.15) is 0 Å². The number of furan rings is 1. The normalized spacial score (nSPS) is 24.9. The van der Waals surface area contributed by atoms with Crippen molar-refractivity contribution in [3.8, 4) is 0 Å². The Hall–Kier alpha value is -2.14. The Labute approximate surface area is 129 Å². The molecule has 0 spiro atoms. The number of hydrogen-bond acceptors (Lipinski definition) is 4. The number of fused-ring (bicyclic) bond motifs is 1. The molecule has 2 aromatic rings. The van der Waals surface area contributed by atoms with Crippen LogP contribution in [0.4, 0.5) is 0 Å². The van der Waals surface area contributed by atoms with Gasteiger partial charge in [-0.15, -0.1) is 0 Å². The van der Waals surface area contributed by atoms with E-state index in [0.717, 1.165) is 31.7 Å². The molecule has 2 aromatic heterocycles. The van der Waals surface area contributed by atoms with Crippen LogP contribution in [0.3, 0.4) is 0 Å². The van der Waals surface area contributed by atoms with Gasteiger partial charge in [0.2, 0.25) is 5.91 Å². The van der Waals surface area contributed by atoms with Gasteiger partial charge in [0.15, 0.2) is 0 Å². The van der Waals surface area contributed by atoms with Crippen LogP contribution in [-0.4, -0.2) is 40.3 Å². The van der Waals surface area contributed by atoms with Gasteiger partial charge in [0.25, 0.3) is 0 Å². The van der Waals surface area contributed by atoms with Crippen molar-refractivity contribution >= 4 is 5.91 Å². The zero-order chi connectivity index (χ0) is 14.9. The second-order valence-electron chi connectivity index (χ2n) is 6.27. The summed E-state index contributed by atoms with van der Waals surface area (Å²) in [5.74, 6) is 0.923. The predicted molar refractivity (Wildman–Crippen MR) is 80.6 cm³/mol. The predicted octanol–water partition coefficient (Wildman–Crippen LogP) is 1.77. The van der Waals surface area contributed by atoms with Crippen LogP contribution in [0, 0.1) is 11.8 Å². The number of carbonyl (C=O) groups is 1. The standard InChI is InChI=1S/C17H19N3O2/c21-17-16-11-19(7-14-3-6-22-12-14)9-15(16)10-20(17)8-13-1-4-18-5-2-13/h1-6,12,15-16H,7-11H2/t15-,16-/m1/s1. The SMILES string of the molecule is O=C1[C@@H]2CN(Cc3ccoc3)C[C@@H]2CN1Cc1ccncc1. The quantitative estimate of drug-likeness (QED) is 0.863. The Morgan fingerprint density at radius 3 is 2.68 bits per heavy atom. The first-order chi connectivity index (χ1) is 10.8. The first-order valence-electron chi connectivity index (χ1n) is 7.71. The Morgan fingerprint density at radius 2 is 1.95 bits per heavy atom. The first kappa shape index (κ1) is 13.5. The van der Waals surface area contributed by atoms with Crippen LogP contribution in [0.25, 0.3) is 0 Å². The molecule has 0 bridgehead atoms. The summed E-state index contributed by atoms with van der Waals surface area (Å²) in [4.78, 5) is 21.0. The van der Waals surface area contributed by atoms with Gasteiger partial charge in [0.05, 0.1) is 18.4 Å². The molecule has 1 amide bonds. The van der Waals surface area contributed by atoms with Crippen LogP contribution in [0.15, 0.2) is 47.5 Å². The molecule has 0 N–H and O–H groups in total. The largest absolute Gasteiger partial charge is 0.472 e. The smallest absolute Gasteiger partial charge is 0.227 e. The number of amides is 1. The average molecular weight is 297 g/mol. The highest BCUT2D eigenvalue weighted by Gasteiger charge is 2.45. The van der Waals surface area contributed by atoms with E-state index in [1.807, 2.05) is 23.1 Å². The van der Waals surface area contributed by atoms with Crippen LogP contribution in [-0.2, 0) is 17.9 Å². The van der Waals surface area contributed by atoms with Gasteiger partial charge < -0.3 is 9.32 Å². The van der Waals surface area contributed by atoms with Crippen molar-refractivity contribution in [3.63, 3.8) is 0 Å². The number of hydrogen-bond donors (Lipinski definition) is 0. The van der Waals surface area contributed by atoms with Crippen molar-refractivity contribution in [2.24, 2.45) is 11.8 Å². The van der Waals surface area contributed by atoms with E-state index in [1.165, 1.54) is 5.56 Å². The van der Waals surface area contributed by atoms with E-state index in [4.69, 9.17) is 4.42 Å². The maximum atomic E-state index is 12.6. The van der Waals surface area contributed by atoms with Crippen molar-refractivity contribution in [1.29, 1.82) is 0 Å². The molecule has 0 unspecified atom stereocenters. The molecule has 0 radical (unpaired) electrons. The van der Waals surface area contributed by atoms with Crippen molar-refractivity contribution in [2.45, 2.75) is 13.1 Å². The molecule has 0 saturated carbocycles. The number of pyridine rings is 1. The third-order valence-electron chi connectivity index (χ3n) is 4.71. The van der Waals surface area contributed by atoms with Crippen molar-refractivity contribution in [3.05, 3.63) is 54.2 Å². The summed E-state index contributed by atoms with van der Waals surface area (Å²) in [6, 6.07) is 5.95. The van der Waals surface area contributed by atoms with E-state index < -0.39 is 0 Å². The molecule has 114 valence electrons. The van der Waals surface area contributed by atoms with Gasteiger partial charge in [-0.1, -0.05) is 0 Å². The van der Waals surface area contributed by atoms with Crippen LogP contribution < -0.4 is 0 Å². The zero-order valence-electron chi connectivity index (χ0n) is 12.4. The molecule has 2 atom stereocenters. The summed E-state index contributed by atoms with van der Waals surface area (Å²) in [7, 11) is 0. The number of nitrogens with zero attached hydrogens (tertiary/aromatic N) is 3. The molecule has 2 aliphatic heterocycles. The van der Waals surface area contributed by atoms with Crippen LogP contribution in [0.2, 0.25) is 0 Å².